The van der Waals surface area contributed by atoms with Crippen LogP contribution in [0.2, 0.25) is 0 Å². The summed E-state index contributed by atoms with van der Waals surface area (Å²) in [4.78, 5) is 11.3. The highest BCUT2D eigenvalue weighted by atomic mass is 15.1. The lowest BCUT2D eigenvalue weighted by Crippen LogP contribution is -2.31. The molecule has 1 fully saturated rings. The molecule has 19 heavy (non-hydrogen) atoms. The van der Waals surface area contributed by atoms with Gasteiger partial charge in [-0.05, 0) is 52.2 Å². The summed E-state index contributed by atoms with van der Waals surface area (Å²) < 4.78 is 0. The van der Waals surface area contributed by atoms with Gasteiger partial charge in [-0.15, -0.1) is 0 Å². The minimum atomic E-state index is 0.630. The molecule has 1 unspecified atom stereocenters. The van der Waals surface area contributed by atoms with E-state index in [1.807, 2.05) is 19.3 Å². The van der Waals surface area contributed by atoms with Crippen molar-refractivity contribution in [1.82, 2.24) is 20.2 Å². The summed E-state index contributed by atoms with van der Waals surface area (Å²) >= 11 is 0. The van der Waals surface area contributed by atoms with Gasteiger partial charge in [0.2, 0.25) is 0 Å². The zero-order chi connectivity index (χ0) is 13.5. The zero-order valence-electron chi connectivity index (χ0n) is 12.2. The van der Waals surface area contributed by atoms with E-state index in [0.717, 1.165) is 17.9 Å². The average Bonchev–Trinajstić information content (AvgIpc) is 2.64. The predicted molar refractivity (Wildman–Crippen MR) is 78.0 cm³/mol. The maximum Gasteiger partial charge on any atom is 0.0724 e. The van der Waals surface area contributed by atoms with Crippen molar-refractivity contribution in [3.05, 3.63) is 23.8 Å². The molecule has 1 aliphatic heterocycles. The number of aryl methyl sites for hydroxylation is 1. The van der Waals surface area contributed by atoms with Gasteiger partial charge in [-0.25, -0.2) is 0 Å². The molecule has 2 rings (SSSR count). The van der Waals surface area contributed by atoms with Crippen LogP contribution in [0.3, 0.4) is 0 Å². The van der Waals surface area contributed by atoms with E-state index < -0.39 is 0 Å². The van der Waals surface area contributed by atoms with Gasteiger partial charge in [0, 0.05) is 25.0 Å². The molecular formula is C15H26N4. The van der Waals surface area contributed by atoms with Crippen molar-refractivity contribution < 1.29 is 0 Å². The largest absolute Gasteiger partial charge is 0.308 e. The Bertz CT molecular complexity index is 363. The normalized spacial score (nSPS) is 21.3. The number of nitrogens with zero attached hydrogens (tertiary/aromatic N) is 3. The van der Waals surface area contributed by atoms with Crippen LogP contribution in [0, 0.1) is 6.92 Å². The van der Waals surface area contributed by atoms with E-state index in [2.05, 4.69) is 27.1 Å². The molecular weight excluding hydrogens is 236 g/mol. The first-order valence-electron chi connectivity index (χ1n) is 7.51. The molecule has 1 N–H and O–H groups in total. The SMILES string of the molecule is CCCN1CCCC(NCc2cnc(C)cn2)CC1. The summed E-state index contributed by atoms with van der Waals surface area (Å²) in [6.07, 6.45) is 8.81. The Hall–Kier alpha value is -1.00. The maximum absolute atomic E-state index is 4.40. The van der Waals surface area contributed by atoms with Crippen LogP contribution in [0.25, 0.3) is 0 Å². The molecule has 1 saturated heterocycles. The van der Waals surface area contributed by atoms with E-state index in [9.17, 15) is 0 Å². The Morgan fingerprint density at radius 1 is 1.26 bits per heavy atom. The molecule has 1 atom stereocenters. The van der Waals surface area contributed by atoms with Gasteiger partial charge >= 0.3 is 0 Å². The molecule has 0 bridgehead atoms. The van der Waals surface area contributed by atoms with Gasteiger partial charge in [0.05, 0.1) is 11.4 Å². The van der Waals surface area contributed by atoms with Gasteiger partial charge in [-0.3, -0.25) is 9.97 Å². The molecule has 1 aromatic rings. The molecule has 0 aromatic carbocycles. The molecule has 0 radical (unpaired) electrons. The van der Waals surface area contributed by atoms with Crippen LogP contribution in [0.15, 0.2) is 12.4 Å². The Morgan fingerprint density at radius 3 is 2.89 bits per heavy atom. The number of likely N-dealkylation sites (tertiary alicyclic amines) is 1. The molecule has 4 heteroatoms. The predicted octanol–water partition coefficient (Wildman–Crippen LogP) is 2.14. The summed E-state index contributed by atoms with van der Waals surface area (Å²) in [6, 6.07) is 0.630. The van der Waals surface area contributed by atoms with Crippen molar-refractivity contribution >= 4 is 0 Å². The van der Waals surface area contributed by atoms with Crippen molar-refractivity contribution in [1.29, 1.82) is 0 Å². The summed E-state index contributed by atoms with van der Waals surface area (Å²) in [6.45, 7) is 8.80. The second kappa shape index (κ2) is 7.56. The minimum absolute atomic E-state index is 0.630. The van der Waals surface area contributed by atoms with Crippen molar-refractivity contribution in [3.63, 3.8) is 0 Å². The Labute approximate surface area is 116 Å². The van der Waals surface area contributed by atoms with Crippen molar-refractivity contribution in [2.75, 3.05) is 19.6 Å². The topological polar surface area (TPSA) is 41.0 Å². The van der Waals surface area contributed by atoms with E-state index in [-0.39, 0.29) is 0 Å². The number of aromatic nitrogens is 2. The van der Waals surface area contributed by atoms with Gasteiger partial charge in [-0.1, -0.05) is 6.92 Å². The Morgan fingerprint density at radius 2 is 2.16 bits per heavy atom. The summed E-state index contributed by atoms with van der Waals surface area (Å²) in [5.74, 6) is 0. The third kappa shape index (κ3) is 4.88. The Kier molecular flexibility index (Phi) is 5.73. The third-order valence-electron chi connectivity index (χ3n) is 3.77. The summed E-state index contributed by atoms with van der Waals surface area (Å²) in [7, 11) is 0. The quantitative estimate of drug-likeness (QED) is 0.882. The number of hydrogen-bond acceptors (Lipinski definition) is 4. The molecule has 0 spiro atoms. The second-order valence-corrected chi connectivity index (χ2v) is 5.50. The fourth-order valence-electron chi connectivity index (χ4n) is 2.66. The number of nitrogens with one attached hydrogen (secondary N) is 1. The fourth-order valence-corrected chi connectivity index (χ4v) is 2.66. The Balaban J connectivity index is 1.75. The first-order valence-corrected chi connectivity index (χ1v) is 7.51. The highest BCUT2D eigenvalue weighted by Gasteiger charge is 2.15. The number of rotatable bonds is 5. The minimum Gasteiger partial charge on any atom is -0.308 e. The maximum atomic E-state index is 4.40. The average molecular weight is 262 g/mol. The monoisotopic (exact) mass is 262 g/mol. The zero-order valence-corrected chi connectivity index (χ0v) is 12.2. The van der Waals surface area contributed by atoms with Gasteiger partial charge in [-0.2, -0.15) is 0 Å². The van der Waals surface area contributed by atoms with E-state index in [4.69, 9.17) is 0 Å². The summed E-state index contributed by atoms with van der Waals surface area (Å²) in [5.41, 5.74) is 2.02. The highest BCUT2D eigenvalue weighted by molar-refractivity contribution is 5.00. The lowest BCUT2D eigenvalue weighted by Gasteiger charge is -2.19. The molecule has 4 nitrogen and oxygen atoms in total. The van der Waals surface area contributed by atoms with E-state index >= 15 is 0 Å². The van der Waals surface area contributed by atoms with Crippen molar-refractivity contribution in [3.8, 4) is 0 Å². The highest BCUT2D eigenvalue weighted by Crippen LogP contribution is 2.11. The third-order valence-corrected chi connectivity index (χ3v) is 3.77. The lowest BCUT2D eigenvalue weighted by atomic mass is 10.1. The van der Waals surface area contributed by atoms with Crippen LogP contribution in [-0.2, 0) is 6.54 Å². The second-order valence-electron chi connectivity index (χ2n) is 5.50. The molecule has 2 heterocycles. The number of hydrogen-bond donors (Lipinski definition) is 1. The molecule has 0 amide bonds. The van der Waals surface area contributed by atoms with Crippen molar-refractivity contribution in [2.45, 2.75) is 52.1 Å². The van der Waals surface area contributed by atoms with Crippen LogP contribution in [0.4, 0.5) is 0 Å². The van der Waals surface area contributed by atoms with Crippen LogP contribution in [-0.4, -0.2) is 40.5 Å². The lowest BCUT2D eigenvalue weighted by molar-refractivity contribution is 0.282. The van der Waals surface area contributed by atoms with Gasteiger partial charge in [0.1, 0.15) is 0 Å². The van der Waals surface area contributed by atoms with E-state index in [1.54, 1.807) is 0 Å². The van der Waals surface area contributed by atoms with Gasteiger partial charge < -0.3 is 10.2 Å². The van der Waals surface area contributed by atoms with E-state index in [1.165, 1.54) is 45.3 Å². The molecule has 0 saturated carbocycles. The first-order chi connectivity index (χ1) is 9.28. The van der Waals surface area contributed by atoms with Crippen LogP contribution < -0.4 is 5.32 Å². The molecule has 1 aromatic heterocycles. The van der Waals surface area contributed by atoms with Crippen LogP contribution >= 0.6 is 0 Å². The first kappa shape index (κ1) is 14.4. The molecule has 106 valence electrons. The van der Waals surface area contributed by atoms with Crippen molar-refractivity contribution in [2.24, 2.45) is 0 Å². The molecule has 1 aliphatic rings. The molecule has 0 aliphatic carbocycles. The van der Waals surface area contributed by atoms with Gasteiger partial charge in [0.15, 0.2) is 0 Å². The summed E-state index contributed by atoms with van der Waals surface area (Å²) in [5, 5.41) is 3.63. The fraction of sp³-hybridized carbons (Fsp3) is 0.733. The smallest absolute Gasteiger partial charge is 0.0724 e. The van der Waals surface area contributed by atoms with Crippen LogP contribution in [0.1, 0.15) is 44.0 Å². The standard InChI is InChI=1S/C15H26N4/c1-3-7-19-8-4-5-14(6-9-19)18-12-15-11-16-13(2)10-17-15/h10-11,14,18H,3-9,12H2,1-2H3. The van der Waals surface area contributed by atoms with Gasteiger partial charge in [0.25, 0.3) is 0 Å². The van der Waals surface area contributed by atoms with E-state index in [0.29, 0.717) is 6.04 Å². The van der Waals surface area contributed by atoms with Crippen LogP contribution in [0.5, 0.6) is 0 Å².